The van der Waals surface area contributed by atoms with Gasteiger partial charge in [-0.15, -0.1) is 0 Å². The SMILES string of the molecule is CCc1nc(-c2ccncn2)nc(NC)c1I. The number of nitrogens with zero attached hydrogens (tertiary/aromatic N) is 4. The smallest absolute Gasteiger partial charge is 0.180 e. The first-order valence-electron chi connectivity index (χ1n) is 5.26. The molecule has 2 rings (SSSR count). The molecule has 2 aromatic rings. The lowest BCUT2D eigenvalue weighted by atomic mass is 10.3. The minimum Gasteiger partial charge on any atom is -0.372 e. The van der Waals surface area contributed by atoms with E-state index in [4.69, 9.17) is 0 Å². The van der Waals surface area contributed by atoms with Crippen molar-refractivity contribution in [2.75, 3.05) is 12.4 Å². The summed E-state index contributed by atoms with van der Waals surface area (Å²) >= 11 is 2.26. The van der Waals surface area contributed by atoms with E-state index in [1.165, 1.54) is 6.33 Å². The zero-order valence-corrected chi connectivity index (χ0v) is 11.8. The van der Waals surface area contributed by atoms with Crippen LogP contribution in [0.5, 0.6) is 0 Å². The van der Waals surface area contributed by atoms with E-state index in [2.05, 4.69) is 54.8 Å². The standard InChI is InChI=1S/C11H12IN5/c1-3-7-9(12)11(13-2)17-10(16-7)8-4-5-14-6-15-8/h4-6H,3H2,1-2H3,(H,13,16,17). The predicted octanol–water partition coefficient (Wildman–Crippen LogP) is 2.14. The number of halogens is 1. The summed E-state index contributed by atoms with van der Waals surface area (Å²) in [5, 5.41) is 3.08. The van der Waals surface area contributed by atoms with Gasteiger partial charge in [0.2, 0.25) is 0 Å². The lowest BCUT2D eigenvalue weighted by Gasteiger charge is -2.09. The number of rotatable bonds is 3. The second-order valence-corrected chi connectivity index (χ2v) is 4.43. The molecule has 0 atom stereocenters. The van der Waals surface area contributed by atoms with Crippen molar-refractivity contribution in [3.8, 4) is 11.5 Å². The zero-order valence-electron chi connectivity index (χ0n) is 9.61. The Morgan fingerprint density at radius 2 is 2.18 bits per heavy atom. The van der Waals surface area contributed by atoms with E-state index >= 15 is 0 Å². The molecule has 0 aliphatic rings. The van der Waals surface area contributed by atoms with Gasteiger partial charge in [-0.1, -0.05) is 6.92 Å². The maximum Gasteiger partial charge on any atom is 0.180 e. The van der Waals surface area contributed by atoms with Crippen molar-refractivity contribution in [1.82, 2.24) is 19.9 Å². The van der Waals surface area contributed by atoms with Crippen LogP contribution in [0.2, 0.25) is 0 Å². The summed E-state index contributed by atoms with van der Waals surface area (Å²) in [6.45, 7) is 2.08. The molecule has 0 bridgehead atoms. The number of hydrogen-bond acceptors (Lipinski definition) is 5. The van der Waals surface area contributed by atoms with Crippen LogP contribution in [-0.2, 0) is 6.42 Å². The average molecular weight is 341 g/mol. The summed E-state index contributed by atoms with van der Waals surface area (Å²) in [5.74, 6) is 1.47. The van der Waals surface area contributed by atoms with Crippen LogP contribution in [0.1, 0.15) is 12.6 Å². The van der Waals surface area contributed by atoms with Crippen molar-refractivity contribution in [1.29, 1.82) is 0 Å². The van der Waals surface area contributed by atoms with E-state index in [1.54, 1.807) is 12.3 Å². The maximum atomic E-state index is 4.52. The highest BCUT2D eigenvalue weighted by molar-refractivity contribution is 14.1. The van der Waals surface area contributed by atoms with Crippen molar-refractivity contribution >= 4 is 28.4 Å². The number of aryl methyl sites for hydroxylation is 1. The molecule has 0 aliphatic carbocycles. The Morgan fingerprint density at radius 3 is 2.76 bits per heavy atom. The molecular weight excluding hydrogens is 329 g/mol. The summed E-state index contributed by atoms with van der Waals surface area (Å²) in [4.78, 5) is 17.0. The summed E-state index contributed by atoms with van der Waals surface area (Å²) in [6, 6.07) is 1.81. The molecule has 2 aromatic heterocycles. The van der Waals surface area contributed by atoms with Crippen LogP contribution < -0.4 is 5.32 Å². The summed E-state index contributed by atoms with van der Waals surface area (Å²) < 4.78 is 1.06. The molecule has 0 aliphatic heterocycles. The maximum absolute atomic E-state index is 4.52. The average Bonchev–Trinajstić information content (AvgIpc) is 2.40. The predicted molar refractivity (Wildman–Crippen MR) is 74.7 cm³/mol. The van der Waals surface area contributed by atoms with Gasteiger partial charge in [-0.2, -0.15) is 0 Å². The van der Waals surface area contributed by atoms with E-state index in [0.29, 0.717) is 5.82 Å². The van der Waals surface area contributed by atoms with Crippen LogP contribution in [0.15, 0.2) is 18.6 Å². The highest BCUT2D eigenvalue weighted by Crippen LogP contribution is 2.22. The van der Waals surface area contributed by atoms with Crippen molar-refractivity contribution in [2.24, 2.45) is 0 Å². The van der Waals surface area contributed by atoms with Crippen LogP contribution in [0.4, 0.5) is 5.82 Å². The highest BCUT2D eigenvalue weighted by atomic mass is 127. The molecule has 0 fully saturated rings. The van der Waals surface area contributed by atoms with Gasteiger partial charge >= 0.3 is 0 Å². The minimum absolute atomic E-state index is 0.633. The normalized spacial score (nSPS) is 10.3. The second-order valence-electron chi connectivity index (χ2n) is 3.35. The first kappa shape index (κ1) is 12.2. The Bertz CT molecular complexity index is 490. The number of anilines is 1. The van der Waals surface area contributed by atoms with Crippen LogP contribution in [-0.4, -0.2) is 27.0 Å². The molecule has 2 heterocycles. The molecule has 0 amide bonds. The molecule has 5 nitrogen and oxygen atoms in total. The number of nitrogens with one attached hydrogen (secondary N) is 1. The second kappa shape index (κ2) is 5.35. The summed E-state index contributed by atoms with van der Waals surface area (Å²) in [6.07, 6.45) is 4.06. The van der Waals surface area contributed by atoms with Crippen molar-refractivity contribution in [2.45, 2.75) is 13.3 Å². The molecule has 0 unspecified atom stereocenters. The highest BCUT2D eigenvalue weighted by Gasteiger charge is 2.11. The Kier molecular flexibility index (Phi) is 3.82. The molecule has 0 radical (unpaired) electrons. The fourth-order valence-corrected chi connectivity index (χ4v) is 2.32. The molecule has 0 aromatic carbocycles. The molecule has 6 heteroatoms. The number of aromatic nitrogens is 4. The van der Waals surface area contributed by atoms with E-state index in [-0.39, 0.29) is 0 Å². The van der Waals surface area contributed by atoms with Crippen LogP contribution in [0.25, 0.3) is 11.5 Å². The Labute approximate surface area is 113 Å². The van der Waals surface area contributed by atoms with E-state index < -0.39 is 0 Å². The van der Waals surface area contributed by atoms with Gasteiger partial charge in [0.25, 0.3) is 0 Å². The monoisotopic (exact) mass is 341 g/mol. The van der Waals surface area contributed by atoms with Gasteiger partial charge in [-0.05, 0) is 35.1 Å². The third-order valence-electron chi connectivity index (χ3n) is 2.30. The van der Waals surface area contributed by atoms with E-state index in [1.807, 2.05) is 7.05 Å². The third-order valence-corrected chi connectivity index (χ3v) is 3.44. The van der Waals surface area contributed by atoms with Crippen LogP contribution in [0.3, 0.4) is 0 Å². The molecule has 88 valence electrons. The number of hydrogen-bond donors (Lipinski definition) is 1. The quantitative estimate of drug-likeness (QED) is 0.867. The van der Waals surface area contributed by atoms with Gasteiger partial charge < -0.3 is 5.32 Å². The topological polar surface area (TPSA) is 63.6 Å². The molecular formula is C11H12IN5. The summed E-state index contributed by atoms with van der Waals surface area (Å²) in [7, 11) is 1.85. The van der Waals surface area contributed by atoms with Crippen LogP contribution >= 0.6 is 22.6 Å². The van der Waals surface area contributed by atoms with Gasteiger partial charge in [0.05, 0.1) is 9.26 Å². The summed E-state index contributed by atoms with van der Waals surface area (Å²) in [5.41, 5.74) is 1.76. The molecule has 0 spiro atoms. The van der Waals surface area contributed by atoms with Crippen molar-refractivity contribution < 1.29 is 0 Å². The van der Waals surface area contributed by atoms with Crippen molar-refractivity contribution in [3.05, 3.63) is 27.9 Å². The molecule has 0 saturated carbocycles. The minimum atomic E-state index is 0.633. The molecule has 1 N–H and O–H groups in total. The van der Waals surface area contributed by atoms with Gasteiger partial charge in [-0.3, -0.25) is 0 Å². The van der Waals surface area contributed by atoms with E-state index in [9.17, 15) is 0 Å². The first-order chi connectivity index (χ1) is 8.26. The largest absolute Gasteiger partial charge is 0.372 e. The van der Waals surface area contributed by atoms with Gasteiger partial charge in [0.1, 0.15) is 17.8 Å². The van der Waals surface area contributed by atoms with Crippen molar-refractivity contribution in [3.63, 3.8) is 0 Å². The van der Waals surface area contributed by atoms with Gasteiger partial charge in [0.15, 0.2) is 5.82 Å². The van der Waals surface area contributed by atoms with E-state index in [0.717, 1.165) is 27.2 Å². The lowest BCUT2D eigenvalue weighted by Crippen LogP contribution is -2.05. The third kappa shape index (κ3) is 2.51. The zero-order chi connectivity index (χ0) is 12.3. The Hall–Kier alpha value is -1.31. The lowest BCUT2D eigenvalue weighted by molar-refractivity contribution is 0.980. The molecule has 17 heavy (non-hydrogen) atoms. The fraction of sp³-hybridized carbons (Fsp3) is 0.273. The first-order valence-corrected chi connectivity index (χ1v) is 6.34. The van der Waals surface area contributed by atoms with Crippen LogP contribution in [0, 0.1) is 3.57 Å². The fourth-order valence-electron chi connectivity index (χ4n) is 1.43. The molecule has 0 saturated heterocycles. The van der Waals surface area contributed by atoms with Gasteiger partial charge in [0, 0.05) is 13.2 Å². The van der Waals surface area contributed by atoms with Gasteiger partial charge in [-0.25, -0.2) is 19.9 Å². The Balaban J connectivity index is 2.56. The Morgan fingerprint density at radius 1 is 1.35 bits per heavy atom.